The Bertz CT molecular complexity index is 234. The summed E-state index contributed by atoms with van der Waals surface area (Å²) in [5.74, 6) is -0.0648. The van der Waals surface area contributed by atoms with Crippen molar-refractivity contribution in [1.82, 2.24) is 4.90 Å². The van der Waals surface area contributed by atoms with Crippen LogP contribution in [0.3, 0.4) is 0 Å². The highest BCUT2D eigenvalue weighted by molar-refractivity contribution is 5.73. The molecule has 2 rings (SSSR count). The molecule has 14 heavy (non-hydrogen) atoms. The molecule has 1 spiro atoms. The fraction of sp³-hybridized carbons (Fsp3) is 0.900. The molecule has 80 valence electrons. The van der Waals surface area contributed by atoms with Gasteiger partial charge in [0.2, 0.25) is 0 Å². The summed E-state index contributed by atoms with van der Waals surface area (Å²) >= 11 is 0. The van der Waals surface area contributed by atoms with Gasteiger partial charge >= 0.3 is 5.97 Å². The summed E-state index contributed by atoms with van der Waals surface area (Å²) in [6.45, 7) is 2.57. The topological polar surface area (TPSA) is 55.6 Å². The highest BCUT2D eigenvalue weighted by Crippen LogP contribution is 2.43. The SMILES string of the molecule is CN1CCC2(CC1)CC(=O)OC2CN. The summed E-state index contributed by atoms with van der Waals surface area (Å²) in [5.41, 5.74) is 5.70. The van der Waals surface area contributed by atoms with Crippen LogP contribution in [0.2, 0.25) is 0 Å². The van der Waals surface area contributed by atoms with Gasteiger partial charge in [-0.3, -0.25) is 4.79 Å². The van der Waals surface area contributed by atoms with Crippen molar-refractivity contribution in [2.24, 2.45) is 11.1 Å². The third-order valence-electron chi connectivity index (χ3n) is 3.65. The summed E-state index contributed by atoms with van der Waals surface area (Å²) in [6.07, 6.45) is 2.61. The van der Waals surface area contributed by atoms with Crippen molar-refractivity contribution in [2.75, 3.05) is 26.7 Å². The van der Waals surface area contributed by atoms with Crippen molar-refractivity contribution in [1.29, 1.82) is 0 Å². The van der Waals surface area contributed by atoms with Gasteiger partial charge in [-0.2, -0.15) is 0 Å². The van der Waals surface area contributed by atoms with E-state index in [-0.39, 0.29) is 17.5 Å². The summed E-state index contributed by atoms with van der Waals surface area (Å²) in [4.78, 5) is 13.6. The van der Waals surface area contributed by atoms with Crippen molar-refractivity contribution >= 4 is 5.97 Å². The smallest absolute Gasteiger partial charge is 0.306 e. The number of nitrogens with two attached hydrogens (primary N) is 1. The number of likely N-dealkylation sites (tertiary alicyclic amines) is 1. The standard InChI is InChI=1S/C10H18N2O2/c1-12-4-2-10(3-5-12)6-9(13)14-8(10)7-11/h8H,2-7,11H2,1H3. The van der Waals surface area contributed by atoms with E-state index < -0.39 is 0 Å². The van der Waals surface area contributed by atoms with E-state index in [2.05, 4.69) is 11.9 Å². The maximum absolute atomic E-state index is 11.3. The second-order valence-electron chi connectivity index (χ2n) is 4.56. The molecule has 2 fully saturated rings. The number of hydrogen-bond acceptors (Lipinski definition) is 4. The van der Waals surface area contributed by atoms with E-state index in [1.54, 1.807) is 0 Å². The number of rotatable bonds is 1. The third-order valence-corrected chi connectivity index (χ3v) is 3.65. The van der Waals surface area contributed by atoms with Gasteiger partial charge in [0.25, 0.3) is 0 Å². The lowest BCUT2D eigenvalue weighted by atomic mass is 9.73. The molecule has 0 bridgehead atoms. The van der Waals surface area contributed by atoms with Gasteiger partial charge in [-0.1, -0.05) is 0 Å². The van der Waals surface area contributed by atoms with Gasteiger partial charge in [-0.15, -0.1) is 0 Å². The highest BCUT2D eigenvalue weighted by atomic mass is 16.6. The van der Waals surface area contributed by atoms with Gasteiger partial charge < -0.3 is 15.4 Å². The number of ether oxygens (including phenoxy) is 1. The quantitative estimate of drug-likeness (QED) is 0.601. The highest BCUT2D eigenvalue weighted by Gasteiger charge is 2.49. The Morgan fingerprint density at radius 3 is 2.79 bits per heavy atom. The zero-order valence-electron chi connectivity index (χ0n) is 8.66. The normalized spacial score (nSPS) is 32.1. The van der Waals surface area contributed by atoms with Crippen LogP contribution in [0.15, 0.2) is 0 Å². The average Bonchev–Trinajstić information content (AvgIpc) is 2.48. The van der Waals surface area contributed by atoms with E-state index in [1.165, 1.54) is 0 Å². The minimum Gasteiger partial charge on any atom is -0.460 e. The fourth-order valence-electron chi connectivity index (χ4n) is 2.59. The van der Waals surface area contributed by atoms with Gasteiger partial charge in [-0.05, 0) is 33.0 Å². The number of carbonyl (C=O) groups excluding carboxylic acids is 1. The first-order valence-corrected chi connectivity index (χ1v) is 5.24. The van der Waals surface area contributed by atoms with Gasteiger partial charge in [0.15, 0.2) is 0 Å². The van der Waals surface area contributed by atoms with Crippen LogP contribution in [0.25, 0.3) is 0 Å². The van der Waals surface area contributed by atoms with Crippen molar-refractivity contribution in [3.63, 3.8) is 0 Å². The van der Waals surface area contributed by atoms with Crippen LogP contribution in [-0.2, 0) is 9.53 Å². The lowest BCUT2D eigenvalue weighted by Crippen LogP contribution is -2.45. The number of piperidine rings is 1. The minimum atomic E-state index is -0.0648. The predicted molar refractivity (Wildman–Crippen MR) is 52.7 cm³/mol. The lowest BCUT2D eigenvalue weighted by Gasteiger charge is -2.39. The zero-order chi connectivity index (χ0) is 10.2. The van der Waals surface area contributed by atoms with Crippen molar-refractivity contribution in [3.8, 4) is 0 Å². The molecule has 2 saturated heterocycles. The first kappa shape index (κ1) is 9.93. The molecular formula is C10H18N2O2. The van der Waals surface area contributed by atoms with E-state index in [1.807, 2.05) is 0 Å². The average molecular weight is 198 g/mol. The second-order valence-corrected chi connectivity index (χ2v) is 4.56. The molecule has 1 atom stereocenters. The third kappa shape index (κ3) is 1.53. The molecule has 2 N–H and O–H groups in total. The van der Waals surface area contributed by atoms with Crippen molar-refractivity contribution in [3.05, 3.63) is 0 Å². The van der Waals surface area contributed by atoms with Crippen LogP contribution in [0, 0.1) is 5.41 Å². The molecule has 1 unspecified atom stereocenters. The molecule has 0 aliphatic carbocycles. The summed E-state index contributed by atoms with van der Waals surface area (Å²) in [5, 5.41) is 0. The second kappa shape index (κ2) is 3.51. The Kier molecular flexibility index (Phi) is 2.49. The molecule has 0 saturated carbocycles. The zero-order valence-corrected chi connectivity index (χ0v) is 8.66. The van der Waals surface area contributed by atoms with Crippen LogP contribution in [0.1, 0.15) is 19.3 Å². The molecule has 2 heterocycles. The molecule has 0 aromatic heterocycles. The van der Waals surface area contributed by atoms with Gasteiger partial charge in [0, 0.05) is 12.0 Å². The maximum atomic E-state index is 11.3. The molecule has 4 heteroatoms. The first-order chi connectivity index (χ1) is 6.66. The van der Waals surface area contributed by atoms with E-state index >= 15 is 0 Å². The van der Waals surface area contributed by atoms with E-state index in [9.17, 15) is 4.79 Å². The van der Waals surface area contributed by atoms with E-state index in [0.29, 0.717) is 13.0 Å². The fourth-order valence-corrected chi connectivity index (χ4v) is 2.59. The number of cyclic esters (lactones) is 1. The first-order valence-electron chi connectivity index (χ1n) is 5.24. The monoisotopic (exact) mass is 198 g/mol. The largest absolute Gasteiger partial charge is 0.460 e. The lowest BCUT2D eigenvalue weighted by molar-refractivity contribution is -0.141. The van der Waals surface area contributed by atoms with Crippen LogP contribution in [0.4, 0.5) is 0 Å². The van der Waals surface area contributed by atoms with E-state index in [0.717, 1.165) is 25.9 Å². The van der Waals surface area contributed by atoms with Crippen LogP contribution in [0.5, 0.6) is 0 Å². The molecule has 2 aliphatic rings. The van der Waals surface area contributed by atoms with Crippen LogP contribution < -0.4 is 5.73 Å². The summed E-state index contributed by atoms with van der Waals surface area (Å²) < 4.78 is 5.26. The molecule has 0 aromatic carbocycles. The molecule has 4 nitrogen and oxygen atoms in total. The van der Waals surface area contributed by atoms with Crippen molar-refractivity contribution in [2.45, 2.75) is 25.4 Å². The predicted octanol–water partition coefficient (Wildman–Crippen LogP) is -0.0274. The number of carbonyl (C=O) groups is 1. The Hall–Kier alpha value is -0.610. The van der Waals surface area contributed by atoms with Gasteiger partial charge in [0.05, 0.1) is 6.42 Å². The number of hydrogen-bond donors (Lipinski definition) is 1. The Morgan fingerprint density at radius 1 is 1.57 bits per heavy atom. The summed E-state index contributed by atoms with van der Waals surface area (Å²) in [6, 6.07) is 0. The van der Waals surface area contributed by atoms with Gasteiger partial charge in [-0.25, -0.2) is 0 Å². The minimum absolute atomic E-state index is 0.0382. The summed E-state index contributed by atoms with van der Waals surface area (Å²) in [7, 11) is 2.11. The Labute approximate surface area is 84.4 Å². The molecule has 0 radical (unpaired) electrons. The van der Waals surface area contributed by atoms with Crippen molar-refractivity contribution < 1.29 is 9.53 Å². The Balaban J connectivity index is 2.10. The van der Waals surface area contributed by atoms with Crippen LogP contribution >= 0.6 is 0 Å². The van der Waals surface area contributed by atoms with E-state index in [4.69, 9.17) is 10.5 Å². The molecule has 0 amide bonds. The molecule has 0 aromatic rings. The molecule has 2 aliphatic heterocycles. The van der Waals surface area contributed by atoms with Gasteiger partial charge in [0.1, 0.15) is 6.10 Å². The number of nitrogens with zero attached hydrogens (tertiary/aromatic N) is 1. The maximum Gasteiger partial charge on any atom is 0.306 e. The molecular weight excluding hydrogens is 180 g/mol. The Morgan fingerprint density at radius 2 is 2.21 bits per heavy atom. The number of esters is 1. The van der Waals surface area contributed by atoms with Crippen LogP contribution in [-0.4, -0.2) is 43.7 Å².